The van der Waals surface area contributed by atoms with Gasteiger partial charge in [0.05, 0.1) is 11.2 Å². The van der Waals surface area contributed by atoms with Gasteiger partial charge in [-0.25, -0.2) is 4.79 Å². The van der Waals surface area contributed by atoms with Gasteiger partial charge in [-0.05, 0) is 55.5 Å². The highest BCUT2D eigenvalue weighted by atomic mass is 35.5. The number of benzene rings is 2. The minimum absolute atomic E-state index is 0.335. The summed E-state index contributed by atoms with van der Waals surface area (Å²) < 4.78 is 0. The second-order valence-corrected chi connectivity index (χ2v) is 7.66. The van der Waals surface area contributed by atoms with E-state index in [9.17, 15) is 4.79 Å². The fourth-order valence-corrected chi connectivity index (χ4v) is 3.63. The molecule has 152 valence electrons. The number of anilines is 3. The fraction of sp³-hybridized carbons (Fsp3) is 0.238. The molecule has 0 bridgehead atoms. The molecule has 0 radical (unpaired) electrons. The summed E-state index contributed by atoms with van der Waals surface area (Å²) in [6, 6.07) is 14.4. The number of aromatic nitrogens is 1. The molecule has 2 aromatic carbocycles. The summed E-state index contributed by atoms with van der Waals surface area (Å²) in [5, 5.41) is 7.17. The SMILES string of the molecule is Cc1cc(NC(=O)Nc2ccc(N(CCCl)CCCl)cc2)c2ccc(Cl)cc2n1. The average Bonchev–Trinajstić information content (AvgIpc) is 2.68. The van der Waals surface area contributed by atoms with Crippen molar-refractivity contribution < 1.29 is 4.79 Å². The van der Waals surface area contributed by atoms with Crippen LogP contribution in [0, 0.1) is 6.92 Å². The smallest absolute Gasteiger partial charge is 0.323 e. The van der Waals surface area contributed by atoms with Gasteiger partial charge in [-0.2, -0.15) is 0 Å². The second-order valence-electron chi connectivity index (χ2n) is 6.46. The zero-order valence-corrected chi connectivity index (χ0v) is 18.2. The van der Waals surface area contributed by atoms with Crippen molar-refractivity contribution in [3.05, 3.63) is 59.2 Å². The number of nitrogens with one attached hydrogen (secondary N) is 2. The molecule has 0 fully saturated rings. The van der Waals surface area contributed by atoms with Gasteiger partial charge in [-0.3, -0.25) is 4.98 Å². The van der Waals surface area contributed by atoms with Gasteiger partial charge in [0.1, 0.15) is 0 Å². The van der Waals surface area contributed by atoms with Crippen LogP contribution in [0.1, 0.15) is 5.69 Å². The number of nitrogens with zero attached hydrogens (tertiary/aromatic N) is 2. The van der Waals surface area contributed by atoms with Crippen LogP contribution >= 0.6 is 34.8 Å². The Labute approximate surface area is 185 Å². The van der Waals surface area contributed by atoms with E-state index in [1.54, 1.807) is 12.1 Å². The number of pyridine rings is 1. The van der Waals surface area contributed by atoms with Crippen molar-refractivity contribution in [1.29, 1.82) is 0 Å². The first-order chi connectivity index (χ1) is 14.0. The van der Waals surface area contributed by atoms with Gasteiger partial charge in [-0.1, -0.05) is 11.6 Å². The lowest BCUT2D eigenvalue weighted by Gasteiger charge is -2.23. The van der Waals surface area contributed by atoms with Crippen LogP contribution in [0.4, 0.5) is 21.9 Å². The number of hydrogen-bond donors (Lipinski definition) is 2. The van der Waals surface area contributed by atoms with Crippen LogP contribution in [0.3, 0.4) is 0 Å². The van der Waals surface area contributed by atoms with Crippen LogP contribution in [0.5, 0.6) is 0 Å². The van der Waals surface area contributed by atoms with E-state index in [1.807, 2.05) is 43.3 Å². The number of carbonyl (C=O) groups is 1. The van der Waals surface area contributed by atoms with Gasteiger partial charge < -0.3 is 15.5 Å². The molecule has 0 unspecified atom stereocenters. The summed E-state index contributed by atoms with van der Waals surface area (Å²) in [5.74, 6) is 1.04. The Hall–Kier alpha value is -2.21. The van der Waals surface area contributed by atoms with Crippen molar-refractivity contribution in [3.63, 3.8) is 0 Å². The average molecular weight is 452 g/mol. The number of aryl methyl sites for hydroxylation is 1. The van der Waals surface area contributed by atoms with Gasteiger partial charge in [-0.15, -0.1) is 23.2 Å². The molecule has 2 amide bonds. The van der Waals surface area contributed by atoms with E-state index >= 15 is 0 Å². The van der Waals surface area contributed by atoms with Gasteiger partial charge in [0, 0.05) is 52.3 Å². The third kappa shape index (κ3) is 5.66. The van der Waals surface area contributed by atoms with E-state index < -0.39 is 0 Å². The van der Waals surface area contributed by atoms with Crippen molar-refractivity contribution in [2.24, 2.45) is 0 Å². The highest BCUT2D eigenvalue weighted by Crippen LogP contribution is 2.26. The Balaban J connectivity index is 1.72. The Morgan fingerprint density at radius 3 is 2.34 bits per heavy atom. The molecule has 3 rings (SSSR count). The number of fused-ring (bicyclic) bond motifs is 1. The van der Waals surface area contributed by atoms with Crippen molar-refractivity contribution in [2.45, 2.75) is 6.92 Å². The van der Waals surface area contributed by atoms with Crippen LogP contribution < -0.4 is 15.5 Å². The quantitative estimate of drug-likeness (QED) is 0.425. The molecule has 5 nitrogen and oxygen atoms in total. The number of amides is 2. The van der Waals surface area contributed by atoms with Crippen molar-refractivity contribution in [2.75, 3.05) is 40.4 Å². The van der Waals surface area contributed by atoms with E-state index in [4.69, 9.17) is 34.8 Å². The van der Waals surface area contributed by atoms with Crippen LogP contribution in [-0.2, 0) is 0 Å². The first-order valence-corrected chi connectivity index (χ1v) is 10.6. The van der Waals surface area contributed by atoms with Crippen LogP contribution in [0.2, 0.25) is 5.02 Å². The Kier molecular flexibility index (Phi) is 7.42. The molecule has 1 aromatic heterocycles. The maximum Gasteiger partial charge on any atom is 0.323 e. The third-order valence-electron chi connectivity index (χ3n) is 4.35. The van der Waals surface area contributed by atoms with E-state index in [1.165, 1.54) is 0 Å². The molecule has 0 saturated carbocycles. The number of urea groups is 1. The summed E-state index contributed by atoms with van der Waals surface area (Å²) in [4.78, 5) is 19.1. The molecule has 0 saturated heterocycles. The van der Waals surface area contributed by atoms with E-state index in [2.05, 4.69) is 20.5 Å². The minimum atomic E-state index is -0.335. The molecular weight excluding hydrogens is 431 g/mol. The summed E-state index contributed by atoms with van der Waals surface area (Å²) in [7, 11) is 0. The normalized spacial score (nSPS) is 10.8. The summed E-state index contributed by atoms with van der Waals surface area (Å²) in [6.45, 7) is 3.29. The van der Waals surface area contributed by atoms with Crippen molar-refractivity contribution in [1.82, 2.24) is 4.98 Å². The first-order valence-electron chi connectivity index (χ1n) is 9.12. The molecule has 0 aliphatic heterocycles. The molecule has 3 aromatic rings. The monoisotopic (exact) mass is 450 g/mol. The minimum Gasteiger partial charge on any atom is -0.369 e. The number of halogens is 3. The predicted octanol–water partition coefficient (Wildman–Crippen LogP) is 6.12. The maximum atomic E-state index is 12.5. The number of carbonyl (C=O) groups excluding carboxylic acids is 1. The van der Waals surface area contributed by atoms with Crippen LogP contribution in [0.15, 0.2) is 48.5 Å². The molecule has 29 heavy (non-hydrogen) atoms. The summed E-state index contributed by atoms with van der Waals surface area (Å²) in [5.41, 5.74) is 3.88. The molecule has 1 heterocycles. The summed E-state index contributed by atoms with van der Waals surface area (Å²) in [6.07, 6.45) is 0. The Morgan fingerprint density at radius 1 is 1.00 bits per heavy atom. The molecular formula is C21H21Cl3N4O. The number of hydrogen-bond acceptors (Lipinski definition) is 3. The zero-order valence-electron chi connectivity index (χ0n) is 15.9. The van der Waals surface area contributed by atoms with Crippen molar-refractivity contribution >= 4 is 68.8 Å². The van der Waals surface area contributed by atoms with Gasteiger partial charge >= 0.3 is 6.03 Å². The van der Waals surface area contributed by atoms with Crippen LogP contribution in [0.25, 0.3) is 10.9 Å². The molecule has 0 spiro atoms. The largest absolute Gasteiger partial charge is 0.369 e. The van der Waals surface area contributed by atoms with E-state index in [-0.39, 0.29) is 6.03 Å². The standard InChI is InChI=1S/C21H21Cl3N4O/c1-14-12-19(18-7-2-15(24)13-20(18)25-14)27-21(29)26-16-3-5-17(6-4-16)28(10-8-22)11-9-23/h2-7,12-13H,8-11H2,1H3,(H2,25,26,27,29). The second kappa shape index (κ2) is 10.0. The van der Waals surface area contributed by atoms with Crippen molar-refractivity contribution in [3.8, 4) is 0 Å². The lowest BCUT2D eigenvalue weighted by atomic mass is 10.1. The molecule has 2 N–H and O–H groups in total. The molecule has 0 aliphatic carbocycles. The highest BCUT2D eigenvalue weighted by Gasteiger charge is 2.10. The van der Waals surface area contributed by atoms with Gasteiger partial charge in [0.15, 0.2) is 0 Å². The fourth-order valence-electron chi connectivity index (χ4n) is 3.05. The van der Waals surface area contributed by atoms with Gasteiger partial charge in [0.25, 0.3) is 0 Å². The number of alkyl halides is 2. The van der Waals surface area contributed by atoms with E-state index in [0.29, 0.717) is 41.2 Å². The third-order valence-corrected chi connectivity index (χ3v) is 4.92. The Bertz CT molecular complexity index is 984. The zero-order chi connectivity index (χ0) is 20.8. The maximum absolute atomic E-state index is 12.5. The molecule has 0 aliphatic rings. The van der Waals surface area contributed by atoms with E-state index in [0.717, 1.165) is 22.3 Å². The lowest BCUT2D eigenvalue weighted by Crippen LogP contribution is -2.27. The molecule has 8 heteroatoms. The predicted molar refractivity (Wildman–Crippen MR) is 124 cm³/mol. The number of rotatable bonds is 7. The lowest BCUT2D eigenvalue weighted by molar-refractivity contribution is 0.262. The highest BCUT2D eigenvalue weighted by molar-refractivity contribution is 6.31. The Morgan fingerprint density at radius 2 is 1.69 bits per heavy atom. The summed E-state index contributed by atoms with van der Waals surface area (Å²) >= 11 is 17.8. The molecule has 0 atom stereocenters. The topological polar surface area (TPSA) is 57.3 Å². The van der Waals surface area contributed by atoms with Gasteiger partial charge in [0.2, 0.25) is 0 Å². The van der Waals surface area contributed by atoms with Crippen LogP contribution in [-0.4, -0.2) is 35.9 Å². The first kappa shape index (κ1) is 21.5.